The summed E-state index contributed by atoms with van der Waals surface area (Å²) in [4.78, 5) is 11.8. The first-order valence-corrected chi connectivity index (χ1v) is 14.6. The number of hydrogen-bond donors (Lipinski definition) is 5. The van der Waals surface area contributed by atoms with E-state index in [-0.39, 0.29) is 53.2 Å². The van der Waals surface area contributed by atoms with Crippen molar-refractivity contribution >= 4 is 5.97 Å². The van der Waals surface area contributed by atoms with Crippen LogP contribution in [0.5, 0.6) is 0 Å². The maximum Gasteiger partial charge on any atom is 0.331 e. The molecule has 0 spiro atoms. The Bertz CT molecular complexity index is 970. The van der Waals surface area contributed by atoms with E-state index < -0.39 is 36.3 Å². The van der Waals surface area contributed by atoms with Gasteiger partial charge in [0.25, 0.3) is 0 Å². The first-order chi connectivity index (χ1) is 18.0. The van der Waals surface area contributed by atoms with Crippen molar-refractivity contribution in [2.24, 2.45) is 34.5 Å². The number of fused-ring (bicyclic) bond motifs is 5. The number of hydrogen-bond acceptors (Lipinski definition) is 9. The van der Waals surface area contributed by atoms with Crippen LogP contribution in [0.2, 0.25) is 0 Å². The molecule has 6 aliphatic rings. The smallest absolute Gasteiger partial charge is 0.331 e. The second-order valence-electron chi connectivity index (χ2n) is 13.4. The third-order valence-corrected chi connectivity index (χ3v) is 12.1. The highest BCUT2D eigenvalue weighted by Crippen LogP contribution is 2.70. The largest absolute Gasteiger partial charge is 0.458 e. The zero-order chi connectivity index (χ0) is 27.0. The molecule has 4 aliphatic carbocycles. The summed E-state index contributed by atoms with van der Waals surface area (Å²) in [7, 11) is 0. The third kappa shape index (κ3) is 3.80. The van der Waals surface area contributed by atoms with Gasteiger partial charge in [-0.15, -0.1) is 0 Å². The Balaban J connectivity index is 1.19. The topological polar surface area (TPSA) is 146 Å². The number of carbonyl (C=O) groups is 1. The number of aliphatic hydroxyl groups is 5. The Morgan fingerprint density at radius 1 is 1.00 bits per heavy atom. The molecule has 0 bridgehead atoms. The molecule has 13 atom stereocenters. The minimum atomic E-state index is -1.32. The second kappa shape index (κ2) is 9.50. The van der Waals surface area contributed by atoms with Gasteiger partial charge in [-0.3, -0.25) is 0 Å². The van der Waals surface area contributed by atoms with Gasteiger partial charge in [-0.05, 0) is 99.4 Å². The SMILES string of the molecule is C[C@H]1O[C@H](O[C@H]2CC[C@@]3(CO)[C@@H](CC[C@H]4[C@@H]3CC[C@]3(C)[C@@H](C5=CC(=O)OC5)CC[C@]43O)C2)[C@H](O)[C@H](O)[C@@H]1O. The summed E-state index contributed by atoms with van der Waals surface area (Å²) in [5, 5.41) is 53.9. The Morgan fingerprint density at radius 2 is 1.79 bits per heavy atom. The van der Waals surface area contributed by atoms with Crippen molar-refractivity contribution in [3.8, 4) is 0 Å². The summed E-state index contributed by atoms with van der Waals surface area (Å²) >= 11 is 0. The Kier molecular flexibility index (Phi) is 6.78. The van der Waals surface area contributed by atoms with Crippen LogP contribution in [0.15, 0.2) is 11.6 Å². The minimum Gasteiger partial charge on any atom is -0.458 e. The Hall–Kier alpha value is -1.07. The molecule has 9 heteroatoms. The fraction of sp³-hybridized carbons (Fsp3) is 0.897. The van der Waals surface area contributed by atoms with E-state index in [1.807, 2.05) is 0 Å². The molecule has 0 unspecified atom stereocenters. The average Bonchev–Trinajstić information content (AvgIpc) is 3.45. The van der Waals surface area contributed by atoms with E-state index in [1.165, 1.54) is 0 Å². The fourth-order valence-corrected chi connectivity index (χ4v) is 9.91. The summed E-state index contributed by atoms with van der Waals surface area (Å²) in [6.07, 6.45) is 3.35. The zero-order valence-corrected chi connectivity index (χ0v) is 22.5. The normalized spacial score (nSPS) is 54.5. The van der Waals surface area contributed by atoms with Crippen molar-refractivity contribution in [1.29, 1.82) is 0 Å². The van der Waals surface area contributed by atoms with E-state index in [4.69, 9.17) is 14.2 Å². The average molecular weight is 537 g/mol. The highest BCUT2D eigenvalue weighted by atomic mass is 16.7. The van der Waals surface area contributed by atoms with Gasteiger partial charge in [-0.2, -0.15) is 0 Å². The van der Waals surface area contributed by atoms with E-state index in [1.54, 1.807) is 13.0 Å². The molecule has 0 aromatic rings. The van der Waals surface area contributed by atoms with Crippen molar-refractivity contribution in [2.75, 3.05) is 13.2 Å². The molecule has 2 aliphatic heterocycles. The number of ether oxygens (including phenoxy) is 3. The van der Waals surface area contributed by atoms with Gasteiger partial charge in [0.1, 0.15) is 24.9 Å². The van der Waals surface area contributed by atoms with E-state index >= 15 is 0 Å². The lowest BCUT2D eigenvalue weighted by Crippen LogP contribution is -2.64. The fourth-order valence-electron chi connectivity index (χ4n) is 9.91. The van der Waals surface area contributed by atoms with Crippen molar-refractivity contribution in [3.05, 3.63) is 11.6 Å². The van der Waals surface area contributed by atoms with Crippen molar-refractivity contribution in [2.45, 2.75) is 114 Å². The van der Waals surface area contributed by atoms with E-state index in [0.29, 0.717) is 19.4 Å². The number of carbonyl (C=O) groups excluding carboxylic acids is 1. The predicted octanol–water partition coefficient (Wildman–Crippen LogP) is 1.43. The molecule has 5 fully saturated rings. The van der Waals surface area contributed by atoms with Crippen LogP contribution >= 0.6 is 0 Å². The summed E-state index contributed by atoms with van der Waals surface area (Å²) in [6, 6.07) is 0. The van der Waals surface area contributed by atoms with Gasteiger partial charge < -0.3 is 39.7 Å². The summed E-state index contributed by atoms with van der Waals surface area (Å²) < 4.78 is 17.1. The van der Waals surface area contributed by atoms with Crippen LogP contribution in [0.1, 0.15) is 71.6 Å². The van der Waals surface area contributed by atoms with Crippen LogP contribution in [0, 0.1) is 34.5 Å². The molecule has 0 radical (unpaired) electrons. The van der Waals surface area contributed by atoms with Gasteiger partial charge >= 0.3 is 5.97 Å². The van der Waals surface area contributed by atoms with E-state index in [9.17, 15) is 30.3 Å². The highest BCUT2D eigenvalue weighted by molar-refractivity contribution is 5.85. The van der Waals surface area contributed by atoms with Crippen molar-refractivity contribution in [3.63, 3.8) is 0 Å². The molecule has 0 aromatic carbocycles. The molecule has 4 saturated carbocycles. The van der Waals surface area contributed by atoms with Gasteiger partial charge in [-0.1, -0.05) is 6.92 Å². The molecular formula is C29H44O9. The molecule has 0 amide bonds. The van der Waals surface area contributed by atoms with Gasteiger partial charge in [0, 0.05) is 18.1 Å². The number of esters is 1. The third-order valence-electron chi connectivity index (χ3n) is 12.1. The van der Waals surface area contributed by atoms with Crippen LogP contribution in [0.3, 0.4) is 0 Å². The first kappa shape index (κ1) is 27.1. The molecule has 9 nitrogen and oxygen atoms in total. The molecule has 6 rings (SSSR count). The summed E-state index contributed by atoms with van der Waals surface area (Å²) in [6.45, 7) is 4.27. The van der Waals surface area contributed by atoms with Crippen LogP contribution in [-0.4, -0.2) is 87.1 Å². The lowest BCUT2D eigenvalue weighted by atomic mass is 9.43. The quantitative estimate of drug-likeness (QED) is 0.266. The lowest BCUT2D eigenvalue weighted by molar-refractivity contribution is -0.311. The van der Waals surface area contributed by atoms with Crippen LogP contribution in [0.4, 0.5) is 0 Å². The van der Waals surface area contributed by atoms with Crippen molar-refractivity contribution < 1.29 is 44.5 Å². The first-order valence-electron chi connectivity index (χ1n) is 14.6. The van der Waals surface area contributed by atoms with Crippen LogP contribution in [0.25, 0.3) is 0 Å². The second-order valence-corrected chi connectivity index (χ2v) is 13.4. The number of rotatable bonds is 4. The standard InChI is InChI=1S/C29H44O9/c1-15-23(32)24(33)25(34)26(37-15)38-18-5-9-28(14-30)17(12-18)3-4-21-20(28)6-8-27(2)19(7-10-29(21,27)35)16-11-22(31)36-13-16/h11,15,17-21,23-26,30,32-35H,3-10,12-14H2,1-2H3/t15-,17+,18+,19-,20+,21+,23-,24-,25-,26-,27-,28-,29+/m1/s1. The molecular weight excluding hydrogens is 492 g/mol. The molecule has 214 valence electrons. The van der Waals surface area contributed by atoms with Gasteiger partial charge in [0.2, 0.25) is 0 Å². The van der Waals surface area contributed by atoms with E-state index in [0.717, 1.165) is 50.5 Å². The molecule has 0 aromatic heterocycles. The maximum atomic E-state index is 12.4. The van der Waals surface area contributed by atoms with Crippen LogP contribution < -0.4 is 0 Å². The molecule has 5 N–H and O–H groups in total. The minimum absolute atomic E-state index is 0.0831. The summed E-state index contributed by atoms with van der Waals surface area (Å²) in [5.74, 6) is 0.414. The van der Waals surface area contributed by atoms with Gasteiger partial charge in [0.05, 0.1) is 17.8 Å². The monoisotopic (exact) mass is 536 g/mol. The van der Waals surface area contributed by atoms with Gasteiger partial charge in [-0.25, -0.2) is 4.79 Å². The predicted molar refractivity (Wildman–Crippen MR) is 134 cm³/mol. The Morgan fingerprint density at radius 3 is 2.50 bits per heavy atom. The molecule has 38 heavy (non-hydrogen) atoms. The number of aliphatic hydroxyl groups excluding tert-OH is 4. The van der Waals surface area contributed by atoms with Crippen LogP contribution in [-0.2, 0) is 19.0 Å². The Labute approximate surface area is 224 Å². The van der Waals surface area contributed by atoms with Gasteiger partial charge in [0.15, 0.2) is 6.29 Å². The zero-order valence-electron chi connectivity index (χ0n) is 22.5. The highest BCUT2D eigenvalue weighted by Gasteiger charge is 2.68. The number of cyclic esters (lactones) is 1. The van der Waals surface area contributed by atoms with Crippen molar-refractivity contribution in [1.82, 2.24) is 0 Å². The molecule has 1 saturated heterocycles. The lowest BCUT2D eigenvalue weighted by Gasteiger charge is -2.64. The maximum absolute atomic E-state index is 12.4. The molecule has 2 heterocycles. The summed E-state index contributed by atoms with van der Waals surface area (Å²) in [5.41, 5.74) is -0.401. The van der Waals surface area contributed by atoms with E-state index in [2.05, 4.69) is 6.92 Å².